The Hall–Kier alpha value is -3.25. The third kappa shape index (κ3) is 4.12. The quantitative estimate of drug-likeness (QED) is 0.460. The zero-order valence-electron chi connectivity index (χ0n) is 15.3. The van der Waals surface area contributed by atoms with Gasteiger partial charge in [-0.3, -0.25) is 4.57 Å². The van der Waals surface area contributed by atoms with Gasteiger partial charge < -0.3 is 0 Å². The second-order valence-corrected chi connectivity index (χ2v) is 7.60. The van der Waals surface area contributed by atoms with E-state index >= 15 is 0 Å². The lowest BCUT2D eigenvalue weighted by Crippen LogP contribution is -2.00. The van der Waals surface area contributed by atoms with Crippen molar-refractivity contribution < 1.29 is 17.2 Å². The third-order valence-electron chi connectivity index (χ3n) is 4.70. The predicted molar refractivity (Wildman–Crippen MR) is 111 cm³/mol. The molecule has 1 aromatic heterocycles. The highest BCUT2D eigenvalue weighted by Crippen LogP contribution is 2.28. The highest BCUT2D eigenvalue weighted by molar-refractivity contribution is 7.71. The first-order valence-corrected chi connectivity index (χ1v) is 10.3. The molecule has 0 unspecified atom stereocenters. The molecule has 0 bridgehead atoms. The first-order valence-electron chi connectivity index (χ1n) is 8.96. The monoisotopic (exact) mass is 409 g/mol. The van der Waals surface area contributed by atoms with Crippen molar-refractivity contribution in [3.05, 3.63) is 102 Å². The zero-order chi connectivity index (χ0) is 20.4. The van der Waals surface area contributed by atoms with Crippen molar-refractivity contribution in [2.75, 3.05) is 0 Å². The number of halogens is 2. The van der Waals surface area contributed by atoms with Crippen molar-refractivity contribution in [2.45, 2.75) is 5.75 Å². The molecule has 0 atom stereocenters. The summed E-state index contributed by atoms with van der Waals surface area (Å²) in [5.41, 5.74) is 4.56. The third-order valence-corrected chi connectivity index (χ3v) is 5.32. The predicted octanol–water partition coefficient (Wildman–Crippen LogP) is 5.20. The molecule has 4 rings (SSSR count). The van der Waals surface area contributed by atoms with Gasteiger partial charge in [-0.2, -0.15) is 4.39 Å². The van der Waals surface area contributed by atoms with Crippen molar-refractivity contribution in [2.24, 2.45) is 0 Å². The van der Waals surface area contributed by atoms with Gasteiger partial charge in [0.2, 0.25) is 0 Å². The van der Waals surface area contributed by atoms with Crippen molar-refractivity contribution in [3.8, 4) is 28.1 Å². The Morgan fingerprint density at radius 1 is 0.655 bits per heavy atom. The topological polar surface area (TPSA) is 39.1 Å². The van der Waals surface area contributed by atoms with E-state index in [-0.39, 0.29) is 11.6 Å². The van der Waals surface area contributed by atoms with Crippen LogP contribution in [0.25, 0.3) is 28.1 Å². The summed E-state index contributed by atoms with van der Waals surface area (Å²) >= 11 is 0. The Morgan fingerprint density at radius 2 is 1.21 bits per heavy atom. The van der Waals surface area contributed by atoms with Crippen LogP contribution in [0.2, 0.25) is 0 Å². The van der Waals surface area contributed by atoms with Crippen molar-refractivity contribution in [1.82, 2.24) is 4.57 Å². The Bertz CT molecular complexity index is 1200. The maximum atomic E-state index is 14.5. The van der Waals surface area contributed by atoms with E-state index in [0.717, 1.165) is 16.7 Å². The summed E-state index contributed by atoms with van der Waals surface area (Å²) in [5, 5.41) is 0. The minimum atomic E-state index is -2.49. The highest BCUT2D eigenvalue weighted by Gasteiger charge is 2.12. The number of aromatic nitrogens is 1. The Balaban J connectivity index is 1.67. The van der Waals surface area contributed by atoms with Gasteiger partial charge in [0.15, 0.2) is 5.95 Å². The van der Waals surface area contributed by atoms with Crippen LogP contribution < -0.4 is 0 Å². The van der Waals surface area contributed by atoms with Crippen LogP contribution in [0, 0.1) is 11.8 Å². The number of rotatable bonds is 5. The lowest BCUT2D eigenvalue weighted by Gasteiger charge is -2.12. The average Bonchev–Trinajstić information content (AvgIpc) is 3.10. The van der Waals surface area contributed by atoms with Crippen LogP contribution in [0.15, 0.2) is 84.9 Å². The molecule has 1 heterocycles. The van der Waals surface area contributed by atoms with Crippen molar-refractivity contribution >= 4 is 10.7 Å². The Kier molecular flexibility index (Phi) is 5.27. The summed E-state index contributed by atoms with van der Waals surface area (Å²) in [5.74, 6) is -0.714. The number of thiol groups is 1. The molecule has 0 aliphatic heterocycles. The molecular weight excluding hydrogens is 392 g/mol. The van der Waals surface area contributed by atoms with Gasteiger partial charge in [0.25, 0.3) is 0 Å². The standard InChI is InChI=1S/C23H17F2NO2S/c24-20-9-5-17(6-10-20)18-7-11-21(12-8-18)26-22(13-14-23(26)25)19-3-1-16(2-4-19)15-29(27)28/h1-14,29H,15H2. The molecule has 0 saturated heterocycles. The van der Waals surface area contributed by atoms with Crippen LogP contribution in [0.5, 0.6) is 0 Å². The van der Waals surface area contributed by atoms with E-state index in [9.17, 15) is 17.2 Å². The molecule has 0 aliphatic rings. The molecule has 0 aliphatic carbocycles. The summed E-state index contributed by atoms with van der Waals surface area (Å²) in [6.45, 7) is 0. The first-order chi connectivity index (χ1) is 14.0. The van der Waals surface area contributed by atoms with Crippen LogP contribution in [-0.4, -0.2) is 13.0 Å². The SMILES string of the molecule is O=[SH](=O)Cc1ccc(-c2ccc(F)n2-c2ccc(-c3ccc(F)cc3)cc2)cc1. The first kappa shape index (κ1) is 19.1. The van der Waals surface area contributed by atoms with Gasteiger partial charge in [-0.25, -0.2) is 12.8 Å². The smallest absolute Gasteiger partial charge is 0.198 e. The summed E-state index contributed by atoms with van der Waals surface area (Å²) in [6, 6.07) is 23.6. The molecule has 0 N–H and O–H groups in total. The fourth-order valence-electron chi connectivity index (χ4n) is 3.27. The van der Waals surface area contributed by atoms with E-state index in [1.165, 1.54) is 22.8 Å². The van der Waals surface area contributed by atoms with E-state index < -0.39 is 16.7 Å². The zero-order valence-corrected chi connectivity index (χ0v) is 16.2. The van der Waals surface area contributed by atoms with Crippen molar-refractivity contribution in [1.29, 1.82) is 0 Å². The number of benzene rings is 3. The van der Waals surface area contributed by atoms with Crippen LogP contribution in [0.4, 0.5) is 8.78 Å². The molecule has 3 aromatic carbocycles. The molecule has 6 heteroatoms. The van der Waals surface area contributed by atoms with E-state index in [1.807, 2.05) is 24.3 Å². The fraction of sp³-hybridized carbons (Fsp3) is 0.0435. The maximum Gasteiger partial charge on any atom is 0.198 e. The second kappa shape index (κ2) is 8.01. The molecule has 0 saturated carbocycles. The van der Waals surface area contributed by atoms with Gasteiger partial charge in [0.1, 0.15) is 16.5 Å². The van der Waals surface area contributed by atoms with Gasteiger partial charge in [-0.05, 0) is 58.7 Å². The molecule has 29 heavy (non-hydrogen) atoms. The molecule has 4 aromatic rings. The highest BCUT2D eigenvalue weighted by atomic mass is 32.2. The minimum Gasteiger partial charge on any atom is -0.286 e. The van der Waals surface area contributed by atoms with Gasteiger partial charge >= 0.3 is 0 Å². The normalized spacial score (nSPS) is 11.1. The summed E-state index contributed by atoms with van der Waals surface area (Å²) in [4.78, 5) is 0. The molecule has 0 fully saturated rings. The van der Waals surface area contributed by atoms with E-state index in [0.29, 0.717) is 16.9 Å². The number of hydrogen-bond acceptors (Lipinski definition) is 2. The van der Waals surface area contributed by atoms with Gasteiger partial charge in [0, 0.05) is 5.69 Å². The van der Waals surface area contributed by atoms with Gasteiger partial charge in [-0.15, -0.1) is 0 Å². The van der Waals surface area contributed by atoms with Crippen LogP contribution in [0.1, 0.15) is 5.56 Å². The molecule has 146 valence electrons. The van der Waals surface area contributed by atoms with Crippen LogP contribution >= 0.6 is 0 Å². The maximum absolute atomic E-state index is 14.5. The van der Waals surface area contributed by atoms with Gasteiger partial charge in [0.05, 0.1) is 11.4 Å². The van der Waals surface area contributed by atoms with Crippen molar-refractivity contribution in [3.63, 3.8) is 0 Å². The summed E-state index contributed by atoms with van der Waals surface area (Å²) in [6.07, 6.45) is 0. The fourth-order valence-corrected chi connectivity index (χ4v) is 3.78. The van der Waals surface area contributed by atoms with Gasteiger partial charge in [-0.1, -0.05) is 48.5 Å². The summed E-state index contributed by atoms with van der Waals surface area (Å²) in [7, 11) is -2.49. The lowest BCUT2D eigenvalue weighted by molar-refractivity contribution is 0.562. The van der Waals surface area contributed by atoms with E-state index in [2.05, 4.69) is 0 Å². The molecule has 0 spiro atoms. The molecule has 0 radical (unpaired) electrons. The lowest BCUT2D eigenvalue weighted by atomic mass is 10.1. The number of nitrogens with zero attached hydrogens (tertiary/aromatic N) is 1. The average molecular weight is 409 g/mol. The molecular formula is C23H17F2NO2S. The van der Waals surface area contributed by atoms with Crippen LogP contribution in [-0.2, 0) is 16.5 Å². The largest absolute Gasteiger partial charge is 0.286 e. The molecule has 0 amide bonds. The van der Waals surface area contributed by atoms with E-state index in [4.69, 9.17) is 0 Å². The Morgan fingerprint density at radius 3 is 1.79 bits per heavy atom. The van der Waals surface area contributed by atoms with Crippen LogP contribution in [0.3, 0.4) is 0 Å². The minimum absolute atomic E-state index is 0.0180. The summed E-state index contributed by atoms with van der Waals surface area (Å²) < 4.78 is 50.9. The Labute approximate surface area is 168 Å². The molecule has 3 nitrogen and oxygen atoms in total. The number of hydrogen-bond donors (Lipinski definition) is 1. The second-order valence-electron chi connectivity index (χ2n) is 6.62. The van der Waals surface area contributed by atoms with E-state index in [1.54, 1.807) is 42.5 Å².